The lowest BCUT2D eigenvalue weighted by molar-refractivity contribution is 0.131. The summed E-state index contributed by atoms with van der Waals surface area (Å²) in [5.41, 5.74) is 2.13. The van der Waals surface area contributed by atoms with Gasteiger partial charge in [-0.3, -0.25) is 9.88 Å². The van der Waals surface area contributed by atoms with Crippen molar-refractivity contribution in [1.29, 1.82) is 0 Å². The van der Waals surface area contributed by atoms with Crippen LogP contribution in [0.1, 0.15) is 17.3 Å². The van der Waals surface area contributed by atoms with Crippen LogP contribution >= 0.6 is 0 Å². The maximum absolute atomic E-state index is 12.6. The van der Waals surface area contributed by atoms with Crippen molar-refractivity contribution in [3.8, 4) is 5.75 Å². The van der Waals surface area contributed by atoms with Gasteiger partial charge in [0.05, 0.1) is 11.7 Å². The number of rotatable bonds is 3. The topological polar surface area (TPSA) is 57.7 Å². The molecule has 1 fully saturated rings. The third-order valence-electron chi connectivity index (χ3n) is 4.77. The fourth-order valence-electron chi connectivity index (χ4n) is 3.35. The highest BCUT2D eigenvalue weighted by Gasteiger charge is 2.28. The summed E-state index contributed by atoms with van der Waals surface area (Å²) in [4.78, 5) is 21.1. The minimum absolute atomic E-state index is 0.0113. The lowest BCUT2D eigenvalue weighted by Gasteiger charge is -2.35. The fourth-order valence-corrected chi connectivity index (χ4v) is 3.35. The summed E-state index contributed by atoms with van der Waals surface area (Å²) in [6.45, 7) is 4.52. The third-order valence-corrected chi connectivity index (χ3v) is 4.77. The number of fused-ring (bicyclic) bond motifs is 1. The van der Waals surface area contributed by atoms with Crippen LogP contribution in [0.4, 0.5) is 4.79 Å². The van der Waals surface area contributed by atoms with Crippen molar-refractivity contribution in [1.82, 2.24) is 20.1 Å². The molecule has 1 aromatic heterocycles. The van der Waals surface area contributed by atoms with Crippen LogP contribution in [0.2, 0.25) is 0 Å². The molecule has 4 rings (SSSR count). The molecule has 0 bridgehead atoms. The Balaban J connectivity index is 1.29. The zero-order valence-corrected chi connectivity index (χ0v) is 14.1. The highest BCUT2D eigenvalue weighted by Crippen LogP contribution is 2.31. The van der Waals surface area contributed by atoms with E-state index in [2.05, 4.69) is 15.2 Å². The predicted octanol–water partition coefficient (Wildman–Crippen LogP) is 2.04. The molecule has 1 saturated heterocycles. The van der Waals surface area contributed by atoms with Crippen molar-refractivity contribution in [3.63, 3.8) is 0 Å². The van der Waals surface area contributed by atoms with E-state index in [1.165, 1.54) is 0 Å². The Labute approximate surface area is 147 Å². The number of carbonyl (C=O) groups is 1. The zero-order valence-electron chi connectivity index (χ0n) is 14.1. The second kappa shape index (κ2) is 7.11. The number of aromatic nitrogens is 1. The van der Waals surface area contributed by atoms with Gasteiger partial charge in [0.1, 0.15) is 12.4 Å². The lowest BCUT2D eigenvalue weighted by atomic mass is 10.1. The maximum atomic E-state index is 12.6. The van der Waals surface area contributed by atoms with Crippen molar-refractivity contribution in [2.75, 3.05) is 32.8 Å². The van der Waals surface area contributed by atoms with E-state index in [-0.39, 0.29) is 12.1 Å². The summed E-state index contributed by atoms with van der Waals surface area (Å²) >= 11 is 0. The van der Waals surface area contributed by atoms with E-state index >= 15 is 0 Å². The van der Waals surface area contributed by atoms with E-state index in [4.69, 9.17) is 4.74 Å². The molecule has 2 aliphatic rings. The molecule has 6 nitrogen and oxygen atoms in total. The molecule has 0 saturated carbocycles. The molecule has 2 aromatic rings. The number of hydrogen-bond donors (Lipinski definition) is 1. The lowest BCUT2D eigenvalue weighted by Crippen LogP contribution is -2.52. The number of carbonyl (C=O) groups excluding carboxylic acids is 1. The number of urea groups is 1. The molecule has 0 spiro atoms. The molecule has 130 valence electrons. The van der Waals surface area contributed by atoms with Gasteiger partial charge in [0.2, 0.25) is 0 Å². The van der Waals surface area contributed by atoms with E-state index in [1.807, 2.05) is 53.6 Å². The monoisotopic (exact) mass is 338 g/mol. The van der Waals surface area contributed by atoms with Gasteiger partial charge in [-0.25, -0.2) is 4.79 Å². The van der Waals surface area contributed by atoms with E-state index in [0.717, 1.165) is 49.7 Å². The van der Waals surface area contributed by atoms with Gasteiger partial charge in [-0.15, -0.1) is 0 Å². The number of nitrogens with zero attached hydrogens (tertiary/aromatic N) is 3. The van der Waals surface area contributed by atoms with Crippen LogP contribution < -0.4 is 10.1 Å². The van der Waals surface area contributed by atoms with Gasteiger partial charge in [-0.2, -0.15) is 0 Å². The first kappa shape index (κ1) is 15.9. The SMILES string of the molecule is O=C(N[C@@H]1COc2ccccc21)N1CCN(Cc2ccccn2)CC1. The molecule has 1 aromatic carbocycles. The van der Waals surface area contributed by atoms with E-state index in [1.54, 1.807) is 0 Å². The van der Waals surface area contributed by atoms with Gasteiger partial charge in [0, 0.05) is 44.5 Å². The van der Waals surface area contributed by atoms with Gasteiger partial charge in [0.15, 0.2) is 0 Å². The Bertz CT molecular complexity index is 729. The molecule has 2 amide bonds. The summed E-state index contributed by atoms with van der Waals surface area (Å²) in [6, 6.07) is 13.8. The number of para-hydroxylation sites is 1. The highest BCUT2D eigenvalue weighted by atomic mass is 16.5. The largest absolute Gasteiger partial charge is 0.491 e. The van der Waals surface area contributed by atoms with E-state index in [0.29, 0.717) is 6.61 Å². The van der Waals surface area contributed by atoms with Crippen LogP contribution in [-0.4, -0.2) is 53.6 Å². The maximum Gasteiger partial charge on any atom is 0.318 e. The summed E-state index contributed by atoms with van der Waals surface area (Å²) in [5.74, 6) is 0.869. The summed E-state index contributed by atoms with van der Waals surface area (Å²) < 4.78 is 5.63. The second-order valence-electron chi connectivity index (χ2n) is 6.44. The van der Waals surface area contributed by atoms with Crippen molar-refractivity contribution < 1.29 is 9.53 Å². The standard InChI is InChI=1S/C19H22N4O2/c24-19(21-17-14-25-18-7-2-1-6-16(17)18)23-11-9-22(10-12-23)13-15-5-3-4-8-20-15/h1-8,17H,9-14H2,(H,21,24)/t17-/m1/s1. The van der Waals surface area contributed by atoms with Gasteiger partial charge in [0.25, 0.3) is 0 Å². The highest BCUT2D eigenvalue weighted by molar-refractivity contribution is 5.75. The fraction of sp³-hybridized carbons (Fsp3) is 0.368. The smallest absolute Gasteiger partial charge is 0.318 e. The number of benzene rings is 1. The third kappa shape index (κ3) is 3.58. The van der Waals surface area contributed by atoms with Crippen LogP contribution in [0.15, 0.2) is 48.7 Å². The average Bonchev–Trinajstić information content (AvgIpc) is 3.06. The van der Waals surface area contributed by atoms with E-state index in [9.17, 15) is 4.79 Å². The second-order valence-corrected chi connectivity index (χ2v) is 6.44. The predicted molar refractivity (Wildman–Crippen MR) is 94.3 cm³/mol. The molecule has 6 heteroatoms. The van der Waals surface area contributed by atoms with Crippen molar-refractivity contribution in [2.45, 2.75) is 12.6 Å². The van der Waals surface area contributed by atoms with Crippen molar-refractivity contribution in [3.05, 3.63) is 59.9 Å². The van der Waals surface area contributed by atoms with Gasteiger partial charge in [-0.1, -0.05) is 24.3 Å². The molecule has 0 radical (unpaired) electrons. The Morgan fingerprint density at radius 2 is 1.92 bits per heavy atom. The van der Waals surface area contributed by atoms with Crippen LogP contribution in [-0.2, 0) is 6.54 Å². The van der Waals surface area contributed by atoms with Gasteiger partial charge >= 0.3 is 6.03 Å². The number of pyridine rings is 1. The number of amides is 2. The van der Waals surface area contributed by atoms with Crippen molar-refractivity contribution in [2.24, 2.45) is 0 Å². The number of hydrogen-bond acceptors (Lipinski definition) is 4. The first-order chi connectivity index (χ1) is 12.3. The molecule has 25 heavy (non-hydrogen) atoms. The van der Waals surface area contributed by atoms with Gasteiger partial charge in [-0.05, 0) is 18.2 Å². The molecule has 1 N–H and O–H groups in total. The number of nitrogens with one attached hydrogen (secondary N) is 1. The Hall–Kier alpha value is -2.60. The Morgan fingerprint density at radius 1 is 1.12 bits per heavy atom. The van der Waals surface area contributed by atoms with Crippen LogP contribution in [0.5, 0.6) is 5.75 Å². The number of piperazine rings is 1. The minimum Gasteiger partial charge on any atom is -0.491 e. The normalized spacial score (nSPS) is 20.0. The van der Waals surface area contributed by atoms with Crippen LogP contribution in [0.25, 0.3) is 0 Å². The van der Waals surface area contributed by atoms with Crippen LogP contribution in [0.3, 0.4) is 0 Å². The summed E-state index contributed by atoms with van der Waals surface area (Å²) in [7, 11) is 0. The van der Waals surface area contributed by atoms with Crippen molar-refractivity contribution >= 4 is 6.03 Å². The molecular weight excluding hydrogens is 316 g/mol. The zero-order chi connectivity index (χ0) is 17.1. The molecule has 2 aliphatic heterocycles. The molecular formula is C19H22N4O2. The molecule has 0 aliphatic carbocycles. The Morgan fingerprint density at radius 3 is 2.72 bits per heavy atom. The summed E-state index contributed by atoms with van der Waals surface area (Å²) in [6.07, 6.45) is 1.82. The summed E-state index contributed by atoms with van der Waals surface area (Å²) in [5, 5.41) is 3.10. The Kier molecular flexibility index (Phi) is 4.52. The molecule has 1 atom stereocenters. The molecule has 0 unspecified atom stereocenters. The van der Waals surface area contributed by atoms with Crippen LogP contribution in [0, 0.1) is 0 Å². The minimum atomic E-state index is -0.0600. The first-order valence-corrected chi connectivity index (χ1v) is 8.69. The molecule has 3 heterocycles. The average molecular weight is 338 g/mol. The number of ether oxygens (including phenoxy) is 1. The van der Waals surface area contributed by atoms with E-state index < -0.39 is 0 Å². The first-order valence-electron chi connectivity index (χ1n) is 8.69. The quantitative estimate of drug-likeness (QED) is 0.930. The van der Waals surface area contributed by atoms with Gasteiger partial charge < -0.3 is 15.0 Å².